The number of carbonyl (C=O) groups excluding carboxylic acids is 1. The molecule has 1 aliphatic rings. The molecule has 0 aromatic carbocycles. The fraction of sp³-hybridized carbons (Fsp3) is 0.908. The number of rotatable bonds is 67. The van der Waals surface area contributed by atoms with Crippen LogP contribution < -0.4 is 5.32 Å². The Hall–Kier alpha value is -1.67. The molecule has 1 fully saturated rings. The topological polar surface area (TPSA) is 189 Å². The molecular weight excluding hydrogens is 1090 g/mol. The van der Waals surface area contributed by atoms with Gasteiger partial charge in [-0.05, 0) is 70.6 Å². The molecule has 514 valence electrons. The molecule has 1 heterocycles. The van der Waals surface area contributed by atoms with Gasteiger partial charge in [0.05, 0.1) is 25.4 Å². The summed E-state index contributed by atoms with van der Waals surface area (Å²) in [4.78, 5) is 13.3. The van der Waals surface area contributed by atoms with Crippen molar-refractivity contribution in [3.05, 3.63) is 36.5 Å². The second kappa shape index (κ2) is 64.4. The summed E-state index contributed by atoms with van der Waals surface area (Å²) in [5, 5.41) is 76.6. The summed E-state index contributed by atoms with van der Waals surface area (Å²) in [7, 11) is 0. The molecule has 0 aromatic rings. The lowest BCUT2D eigenvalue weighted by molar-refractivity contribution is -0.303. The van der Waals surface area contributed by atoms with Crippen molar-refractivity contribution in [1.82, 2.24) is 5.32 Å². The predicted molar refractivity (Wildman–Crippen MR) is 367 cm³/mol. The monoisotopic (exact) mass is 1230 g/mol. The van der Waals surface area contributed by atoms with Crippen molar-refractivity contribution in [2.75, 3.05) is 13.2 Å². The van der Waals surface area contributed by atoms with Gasteiger partial charge in [-0.15, -0.1) is 0 Å². The van der Waals surface area contributed by atoms with Gasteiger partial charge in [-0.3, -0.25) is 4.79 Å². The number of nitrogens with one attached hydrogen (secondary N) is 1. The van der Waals surface area contributed by atoms with Crippen LogP contribution in [0.3, 0.4) is 0 Å². The molecule has 0 saturated carbocycles. The molecule has 87 heavy (non-hydrogen) atoms. The number of carbonyl (C=O) groups is 1. The van der Waals surface area contributed by atoms with Crippen molar-refractivity contribution in [3.8, 4) is 0 Å². The lowest BCUT2D eigenvalue weighted by Crippen LogP contribution is -2.60. The van der Waals surface area contributed by atoms with Gasteiger partial charge in [-0.1, -0.05) is 339 Å². The van der Waals surface area contributed by atoms with E-state index in [9.17, 15) is 40.5 Å². The molecule has 0 aliphatic carbocycles. The van der Waals surface area contributed by atoms with Crippen molar-refractivity contribution in [2.45, 2.75) is 428 Å². The number of aliphatic hydroxyl groups is 7. The van der Waals surface area contributed by atoms with E-state index in [1.54, 1.807) is 0 Å². The lowest BCUT2D eigenvalue weighted by atomic mass is 9.98. The third kappa shape index (κ3) is 51.5. The van der Waals surface area contributed by atoms with Crippen LogP contribution in [-0.2, 0) is 14.3 Å². The maximum atomic E-state index is 13.3. The highest BCUT2D eigenvalue weighted by Crippen LogP contribution is 2.24. The Labute approximate surface area is 537 Å². The molecule has 1 aliphatic heterocycles. The average molecular weight is 1230 g/mol. The van der Waals surface area contributed by atoms with Gasteiger partial charge in [-0.2, -0.15) is 0 Å². The number of allylic oxidation sites excluding steroid dienone is 6. The highest BCUT2D eigenvalue weighted by Gasteiger charge is 2.44. The minimum atomic E-state index is -1.67. The van der Waals surface area contributed by atoms with E-state index in [2.05, 4.69) is 55.6 Å². The lowest BCUT2D eigenvalue weighted by Gasteiger charge is -2.40. The minimum absolute atomic E-state index is 0.256. The standard InChI is InChI=1S/C76H145NO10/c1-3-5-7-9-11-13-15-17-19-21-23-25-27-29-31-32-33-34-35-36-37-38-40-42-44-46-48-50-52-54-56-58-60-62-64-69(80)75(85)77-67(66-86-76-74(84)73(83)72(82)70(65-78)87-76)71(81)68(79)63-61-59-57-55-53-51-49-47-45-43-41-39-30-28-26-24-22-20-18-16-14-12-10-8-6-4-2/h27,29,32-33,55,57,67-74,76,78-84H,3-26,28,30-31,34-54,56,58-66H2,1-2H3,(H,77,85)/b29-27-,33-32-,57-55+. The first-order valence-electron chi connectivity index (χ1n) is 37.9. The number of ether oxygens (including phenoxy) is 2. The van der Waals surface area contributed by atoms with E-state index in [4.69, 9.17) is 9.47 Å². The SMILES string of the molecule is CCCCCCCCCCCCC/C=C\C/C=C\CCCCCCCCCCCCCCCCCCC(O)C(=O)NC(COC1OC(CO)C(O)C(O)C1O)C(O)C(O)CCC/C=C/CCCCCCCCCCCCCCCCCCCCCCC. The van der Waals surface area contributed by atoms with Gasteiger partial charge in [0, 0.05) is 0 Å². The van der Waals surface area contributed by atoms with Crippen molar-refractivity contribution >= 4 is 5.91 Å². The number of amides is 1. The summed E-state index contributed by atoms with van der Waals surface area (Å²) < 4.78 is 11.2. The highest BCUT2D eigenvalue weighted by molar-refractivity contribution is 5.80. The van der Waals surface area contributed by atoms with E-state index in [0.29, 0.717) is 12.8 Å². The molecule has 9 atom stereocenters. The van der Waals surface area contributed by atoms with Crippen LogP contribution >= 0.6 is 0 Å². The van der Waals surface area contributed by atoms with Gasteiger partial charge >= 0.3 is 0 Å². The number of unbranched alkanes of at least 4 members (excludes halogenated alkanes) is 49. The second-order valence-electron chi connectivity index (χ2n) is 26.7. The first-order valence-corrected chi connectivity index (χ1v) is 37.9. The van der Waals surface area contributed by atoms with Gasteiger partial charge in [0.2, 0.25) is 5.91 Å². The maximum Gasteiger partial charge on any atom is 0.249 e. The molecule has 11 nitrogen and oxygen atoms in total. The van der Waals surface area contributed by atoms with Crippen LogP contribution in [0, 0.1) is 0 Å². The average Bonchev–Trinajstić information content (AvgIpc) is 1.97. The van der Waals surface area contributed by atoms with Gasteiger partial charge in [0.15, 0.2) is 6.29 Å². The van der Waals surface area contributed by atoms with Crippen LogP contribution in [-0.4, -0.2) is 110 Å². The van der Waals surface area contributed by atoms with Crippen LogP contribution in [0.5, 0.6) is 0 Å². The molecule has 9 unspecified atom stereocenters. The van der Waals surface area contributed by atoms with Gasteiger partial charge in [0.25, 0.3) is 0 Å². The molecule has 1 amide bonds. The Balaban J connectivity index is 2.17. The molecule has 1 saturated heterocycles. The molecular formula is C76H145NO10. The Kier molecular flexibility index (Phi) is 61.7. The molecule has 0 spiro atoms. The predicted octanol–water partition coefficient (Wildman–Crippen LogP) is 18.9. The van der Waals surface area contributed by atoms with Crippen molar-refractivity contribution < 1.29 is 50.0 Å². The van der Waals surface area contributed by atoms with E-state index in [1.807, 2.05) is 0 Å². The van der Waals surface area contributed by atoms with E-state index in [-0.39, 0.29) is 12.8 Å². The van der Waals surface area contributed by atoms with Gasteiger partial charge in [-0.25, -0.2) is 0 Å². The molecule has 0 bridgehead atoms. The summed E-state index contributed by atoms with van der Waals surface area (Å²) in [6, 6.07) is -1.19. The molecule has 1 rings (SSSR count). The fourth-order valence-electron chi connectivity index (χ4n) is 12.4. The fourth-order valence-corrected chi connectivity index (χ4v) is 12.4. The molecule has 0 radical (unpaired) electrons. The number of hydrogen-bond acceptors (Lipinski definition) is 10. The molecule has 8 N–H and O–H groups in total. The zero-order valence-electron chi connectivity index (χ0n) is 57.0. The van der Waals surface area contributed by atoms with E-state index in [1.165, 1.54) is 289 Å². The summed E-state index contributed by atoms with van der Waals surface area (Å²) in [5.74, 6) is -0.700. The zero-order valence-corrected chi connectivity index (χ0v) is 57.0. The van der Waals surface area contributed by atoms with Crippen LogP contribution in [0.1, 0.15) is 373 Å². The summed E-state index contributed by atoms with van der Waals surface area (Å²) in [6.07, 6.45) is 72.5. The van der Waals surface area contributed by atoms with Crippen LogP contribution in [0.4, 0.5) is 0 Å². The van der Waals surface area contributed by atoms with Crippen molar-refractivity contribution in [2.24, 2.45) is 0 Å². The number of aliphatic hydroxyl groups excluding tert-OH is 7. The van der Waals surface area contributed by atoms with Crippen LogP contribution in [0.2, 0.25) is 0 Å². The summed E-state index contributed by atoms with van der Waals surface area (Å²) >= 11 is 0. The summed E-state index contributed by atoms with van der Waals surface area (Å²) in [5.41, 5.74) is 0. The Morgan fingerprint density at radius 1 is 0.402 bits per heavy atom. The van der Waals surface area contributed by atoms with Crippen molar-refractivity contribution in [1.29, 1.82) is 0 Å². The van der Waals surface area contributed by atoms with Gasteiger partial charge < -0.3 is 50.5 Å². The van der Waals surface area contributed by atoms with Crippen molar-refractivity contribution in [3.63, 3.8) is 0 Å². The maximum absolute atomic E-state index is 13.3. The third-order valence-electron chi connectivity index (χ3n) is 18.4. The first kappa shape index (κ1) is 83.3. The Morgan fingerprint density at radius 2 is 0.713 bits per heavy atom. The second-order valence-corrected chi connectivity index (χ2v) is 26.7. The summed E-state index contributed by atoms with van der Waals surface area (Å²) in [6.45, 7) is 3.50. The van der Waals surface area contributed by atoms with Crippen LogP contribution in [0.25, 0.3) is 0 Å². The Morgan fingerprint density at radius 3 is 1.06 bits per heavy atom. The molecule has 0 aromatic heterocycles. The minimum Gasteiger partial charge on any atom is -0.394 e. The zero-order chi connectivity index (χ0) is 63.1. The number of hydrogen-bond donors (Lipinski definition) is 8. The van der Waals surface area contributed by atoms with Gasteiger partial charge in [0.1, 0.15) is 36.6 Å². The first-order chi connectivity index (χ1) is 42.7. The van der Waals surface area contributed by atoms with E-state index in [0.717, 1.165) is 44.9 Å². The van der Waals surface area contributed by atoms with E-state index < -0.39 is 74.2 Å². The Bertz CT molecular complexity index is 1510. The van der Waals surface area contributed by atoms with Crippen LogP contribution in [0.15, 0.2) is 36.5 Å². The smallest absolute Gasteiger partial charge is 0.249 e. The highest BCUT2D eigenvalue weighted by atomic mass is 16.7. The van der Waals surface area contributed by atoms with E-state index >= 15 is 0 Å². The quantitative estimate of drug-likeness (QED) is 0.0215. The molecule has 11 heteroatoms. The third-order valence-corrected chi connectivity index (χ3v) is 18.4. The normalized spacial score (nSPS) is 18.8. The largest absolute Gasteiger partial charge is 0.394 e.